The predicted octanol–water partition coefficient (Wildman–Crippen LogP) is 4.26. The van der Waals surface area contributed by atoms with Crippen molar-refractivity contribution >= 4 is 17.3 Å². The lowest BCUT2D eigenvalue weighted by Crippen LogP contribution is -2.10. The fourth-order valence-corrected chi connectivity index (χ4v) is 4.16. The number of furan rings is 1. The standard InChI is InChI=1S/C18H18N2O4S/c1-2-11-5-6-14-12(8-11)9-15(25-14)18(21)23-10-16-19-20-17(24-16)13-4-3-7-22-13/h3-4,7,9,11H,2,5-6,8,10H2,1H3/t11-/m0/s1. The SMILES string of the molecule is CC[C@H]1CCc2sc(C(=O)OCc3nnc(-c4ccco4)o3)cc2C1. The normalized spacial score (nSPS) is 16.6. The highest BCUT2D eigenvalue weighted by Gasteiger charge is 2.23. The summed E-state index contributed by atoms with van der Waals surface area (Å²) in [7, 11) is 0. The molecule has 4 rings (SSSR count). The zero-order chi connectivity index (χ0) is 17.2. The molecule has 3 aromatic heterocycles. The summed E-state index contributed by atoms with van der Waals surface area (Å²) in [6.07, 6.45) is 6.04. The largest absolute Gasteiger partial charge is 0.459 e. The maximum Gasteiger partial charge on any atom is 0.348 e. The zero-order valence-electron chi connectivity index (χ0n) is 13.9. The van der Waals surface area contributed by atoms with Gasteiger partial charge in [0.05, 0.1) is 6.26 Å². The zero-order valence-corrected chi connectivity index (χ0v) is 14.7. The maximum absolute atomic E-state index is 12.3. The lowest BCUT2D eigenvalue weighted by molar-refractivity contribution is 0.0444. The number of carbonyl (C=O) groups is 1. The first-order chi connectivity index (χ1) is 12.2. The summed E-state index contributed by atoms with van der Waals surface area (Å²) < 4.78 is 15.9. The third-order valence-electron chi connectivity index (χ3n) is 4.49. The second-order valence-corrected chi connectivity index (χ2v) is 7.27. The van der Waals surface area contributed by atoms with Gasteiger partial charge in [-0.05, 0) is 48.9 Å². The van der Waals surface area contributed by atoms with Gasteiger partial charge in [-0.1, -0.05) is 13.3 Å². The smallest absolute Gasteiger partial charge is 0.348 e. The number of ether oxygens (including phenoxy) is 1. The second kappa shape index (κ2) is 6.84. The molecule has 3 aromatic rings. The van der Waals surface area contributed by atoms with E-state index in [1.54, 1.807) is 12.1 Å². The number of rotatable bonds is 5. The summed E-state index contributed by atoms with van der Waals surface area (Å²) in [5.74, 6) is 1.39. The van der Waals surface area contributed by atoms with Crippen LogP contribution in [0.25, 0.3) is 11.7 Å². The highest BCUT2D eigenvalue weighted by Crippen LogP contribution is 2.33. The number of aryl methyl sites for hydroxylation is 1. The van der Waals surface area contributed by atoms with Gasteiger partial charge in [0, 0.05) is 4.88 Å². The van der Waals surface area contributed by atoms with Crippen LogP contribution in [0, 0.1) is 5.92 Å². The molecule has 0 spiro atoms. The fourth-order valence-electron chi connectivity index (χ4n) is 3.06. The molecule has 1 atom stereocenters. The molecule has 0 aliphatic heterocycles. The first kappa shape index (κ1) is 16.1. The molecule has 0 fully saturated rings. The molecule has 130 valence electrons. The van der Waals surface area contributed by atoms with Gasteiger partial charge in [-0.3, -0.25) is 0 Å². The Morgan fingerprint density at radius 2 is 2.36 bits per heavy atom. The summed E-state index contributed by atoms with van der Waals surface area (Å²) >= 11 is 1.54. The van der Waals surface area contributed by atoms with E-state index < -0.39 is 0 Å². The minimum Gasteiger partial charge on any atom is -0.459 e. The molecule has 6 nitrogen and oxygen atoms in total. The number of thiophene rings is 1. The lowest BCUT2D eigenvalue weighted by Gasteiger charge is -2.19. The minimum atomic E-state index is -0.342. The molecule has 0 radical (unpaired) electrons. The van der Waals surface area contributed by atoms with Crippen molar-refractivity contribution in [3.63, 3.8) is 0 Å². The van der Waals surface area contributed by atoms with Crippen molar-refractivity contribution in [3.05, 3.63) is 45.7 Å². The van der Waals surface area contributed by atoms with Crippen LogP contribution >= 0.6 is 11.3 Å². The van der Waals surface area contributed by atoms with Crippen LogP contribution in [0.4, 0.5) is 0 Å². The Balaban J connectivity index is 1.39. The molecule has 1 aliphatic rings. The van der Waals surface area contributed by atoms with Gasteiger partial charge in [0.25, 0.3) is 11.8 Å². The van der Waals surface area contributed by atoms with E-state index in [-0.39, 0.29) is 24.4 Å². The van der Waals surface area contributed by atoms with Crippen molar-refractivity contribution in [1.82, 2.24) is 10.2 Å². The average molecular weight is 358 g/mol. The Hall–Kier alpha value is -2.41. The van der Waals surface area contributed by atoms with Gasteiger partial charge in [0.15, 0.2) is 12.4 Å². The number of aromatic nitrogens is 2. The molecule has 1 aliphatic carbocycles. The van der Waals surface area contributed by atoms with Crippen LogP contribution < -0.4 is 0 Å². The molecule has 3 heterocycles. The predicted molar refractivity (Wildman–Crippen MR) is 91.2 cm³/mol. The average Bonchev–Trinajstić information content (AvgIpc) is 3.38. The minimum absolute atomic E-state index is 0.0489. The number of fused-ring (bicyclic) bond motifs is 1. The van der Waals surface area contributed by atoms with Crippen LogP contribution in [0.15, 0.2) is 33.3 Å². The highest BCUT2D eigenvalue weighted by atomic mass is 32.1. The molecule has 0 aromatic carbocycles. The van der Waals surface area contributed by atoms with E-state index in [4.69, 9.17) is 13.6 Å². The number of hydrogen-bond donors (Lipinski definition) is 0. The van der Waals surface area contributed by atoms with Gasteiger partial charge in [-0.2, -0.15) is 0 Å². The summed E-state index contributed by atoms with van der Waals surface area (Å²) in [6.45, 7) is 2.17. The molecule has 0 bridgehead atoms. The number of nitrogens with zero attached hydrogens (tertiary/aromatic N) is 2. The van der Waals surface area contributed by atoms with E-state index in [9.17, 15) is 4.79 Å². The van der Waals surface area contributed by atoms with E-state index in [1.165, 1.54) is 40.9 Å². The Morgan fingerprint density at radius 1 is 1.44 bits per heavy atom. The van der Waals surface area contributed by atoms with Gasteiger partial charge in [0.1, 0.15) is 4.88 Å². The topological polar surface area (TPSA) is 78.4 Å². The van der Waals surface area contributed by atoms with Crippen molar-refractivity contribution < 1.29 is 18.4 Å². The quantitative estimate of drug-likeness (QED) is 0.634. The lowest BCUT2D eigenvalue weighted by atomic mass is 9.87. The van der Waals surface area contributed by atoms with E-state index in [1.807, 2.05) is 6.07 Å². The molecule has 25 heavy (non-hydrogen) atoms. The van der Waals surface area contributed by atoms with Crippen molar-refractivity contribution in [2.24, 2.45) is 5.92 Å². The van der Waals surface area contributed by atoms with Gasteiger partial charge >= 0.3 is 5.97 Å². The first-order valence-electron chi connectivity index (χ1n) is 8.38. The third kappa shape index (κ3) is 3.37. The summed E-state index contributed by atoms with van der Waals surface area (Å²) in [4.78, 5) is 14.3. The molecule has 0 amide bonds. The van der Waals surface area contributed by atoms with Gasteiger partial charge in [-0.15, -0.1) is 21.5 Å². The first-order valence-corrected chi connectivity index (χ1v) is 9.19. The van der Waals surface area contributed by atoms with Crippen LogP contribution in [-0.4, -0.2) is 16.2 Å². The van der Waals surface area contributed by atoms with Gasteiger partial charge in [0.2, 0.25) is 0 Å². The molecule has 0 unspecified atom stereocenters. The second-order valence-electron chi connectivity index (χ2n) is 6.13. The number of hydrogen-bond acceptors (Lipinski definition) is 7. The Kier molecular flexibility index (Phi) is 4.40. The molecule has 0 saturated carbocycles. The fraction of sp³-hybridized carbons (Fsp3) is 0.389. The Bertz CT molecular complexity index is 866. The monoisotopic (exact) mass is 358 g/mol. The van der Waals surface area contributed by atoms with Crippen molar-refractivity contribution in [2.75, 3.05) is 0 Å². The number of esters is 1. The summed E-state index contributed by atoms with van der Waals surface area (Å²) in [5, 5.41) is 7.75. The van der Waals surface area contributed by atoms with Crippen LogP contribution in [0.3, 0.4) is 0 Å². The van der Waals surface area contributed by atoms with Crippen molar-refractivity contribution in [2.45, 2.75) is 39.2 Å². The molecule has 0 N–H and O–H groups in total. The van der Waals surface area contributed by atoms with Gasteiger partial charge < -0.3 is 13.6 Å². The van der Waals surface area contributed by atoms with Crippen LogP contribution in [0.1, 0.15) is 45.8 Å². The van der Waals surface area contributed by atoms with Crippen molar-refractivity contribution in [3.8, 4) is 11.7 Å². The maximum atomic E-state index is 12.3. The van der Waals surface area contributed by atoms with Crippen LogP contribution in [0.2, 0.25) is 0 Å². The van der Waals surface area contributed by atoms with E-state index >= 15 is 0 Å². The molecular formula is C18H18N2O4S. The van der Waals surface area contributed by atoms with E-state index in [0.717, 1.165) is 18.8 Å². The van der Waals surface area contributed by atoms with E-state index in [2.05, 4.69) is 17.1 Å². The highest BCUT2D eigenvalue weighted by molar-refractivity contribution is 7.14. The van der Waals surface area contributed by atoms with Crippen LogP contribution in [0.5, 0.6) is 0 Å². The van der Waals surface area contributed by atoms with Crippen molar-refractivity contribution in [1.29, 1.82) is 0 Å². The van der Waals surface area contributed by atoms with Gasteiger partial charge in [-0.25, -0.2) is 4.79 Å². The molecule has 0 saturated heterocycles. The summed E-state index contributed by atoms with van der Waals surface area (Å²) in [5.41, 5.74) is 1.30. The van der Waals surface area contributed by atoms with Crippen LogP contribution in [-0.2, 0) is 24.2 Å². The van der Waals surface area contributed by atoms with E-state index in [0.29, 0.717) is 10.6 Å². The Morgan fingerprint density at radius 3 is 3.16 bits per heavy atom. The molecule has 7 heteroatoms. The number of carbonyl (C=O) groups excluding carboxylic acids is 1. The molecular weight excluding hydrogens is 340 g/mol. The Labute approximate surface area is 148 Å². The third-order valence-corrected chi connectivity index (χ3v) is 5.71. The summed E-state index contributed by atoms with van der Waals surface area (Å²) in [6, 6.07) is 5.44.